The first-order valence-corrected chi connectivity index (χ1v) is 11.2. The zero-order chi connectivity index (χ0) is 23.1. The van der Waals surface area contributed by atoms with Crippen molar-refractivity contribution in [3.05, 3.63) is 99.0 Å². The van der Waals surface area contributed by atoms with Crippen molar-refractivity contribution in [2.75, 3.05) is 7.11 Å². The van der Waals surface area contributed by atoms with Crippen LogP contribution in [-0.2, 0) is 0 Å². The molecule has 0 radical (unpaired) electrons. The van der Waals surface area contributed by atoms with Crippen molar-refractivity contribution in [2.45, 2.75) is 13.8 Å². The number of aryl methyl sites for hydroxylation is 2. The summed E-state index contributed by atoms with van der Waals surface area (Å²) in [5, 5.41) is 0. The van der Waals surface area contributed by atoms with Gasteiger partial charge in [0.2, 0.25) is 0 Å². The third-order valence-electron chi connectivity index (χ3n) is 5.56. The highest BCUT2D eigenvalue weighted by Gasteiger charge is 2.20. The van der Waals surface area contributed by atoms with E-state index < -0.39 is 0 Å². The summed E-state index contributed by atoms with van der Waals surface area (Å²) in [6.45, 7) is 4.04. The molecule has 33 heavy (non-hydrogen) atoms. The molecule has 0 atom stereocenters. The van der Waals surface area contributed by atoms with Crippen LogP contribution in [0.5, 0.6) is 5.75 Å². The Morgan fingerprint density at radius 2 is 1.61 bits per heavy atom. The summed E-state index contributed by atoms with van der Waals surface area (Å²) >= 11 is 3.47. The van der Waals surface area contributed by atoms with Gasteiger partial charge in [-0.15, -0.1) is 0 Å². The van der Waals surface area contributed by atoms with Gasteiger partial charge in [-0.05, 0) is 55.8 Å². The maximum atomic E-state index is 13.7. The number of imidazole rings is 1. The molecule has 7 heteroatoms. The number of hydrogen-bond acceptors (Lipinski definition) is 4. The largest absolute Gasteiger partial charge is 0.495 e. The second kappa shape index (κ2) is 8.33. The molecule has 0 spiro atoms. The zero-order valence-corrected chi connectivity index (χ0v) is 20.0. The Kier molecular flexibility index (Phi) is 5.34. The minimum atomic E-state index is -0.233. The molecule has 0 bridgehead atoms. The van der Waals surface area contributed by atoms with Gasteiger partial charge in [0.15, 0.2) is 11.2 Å². The monoisotopic (exact) mass is 500 g/mol. The molecule has 0 aliphatic heterocycles. The van der Waals surface area contributed by atoms with Crippen molar-refractivity contribution < 1.29 is 4.74 Å². The summed E-state index contributed by atoms with van der Waals surface area (Å²) < 4.78 is 9.93. The molecule has 6 nitrogen and oxygen atoms in total. The van der Waals surface area contributed by atoms with Crippen molar-refractivity contribution in [3.63, 3.8) is 0 Å². The predicted octanol–water partition coefficient (Wildman–Crippen LogP) is 5.63. The zero-order valence-electron chi connectivity index (χ0n) is 18.4. The van der Waals surface area contributed by atoms with Crippen LogP contribution in [0.25, 0.3) is 33.9 Å². The number of ether oxygens (including phenoxy) is 1. The van der Waals surface area contributed by atoms with Crippen molar-refractivity contribution in [3.8, 4) is 28.5 Å². The third-order valence-corrected chi connectivity index (χ3v) is 6.09. The van der Waals surface area contributed by atoms with E-state index in [1.54, 1.807) is 18.0 Å². The van der Waals surface area contributed by atoms with Crippen LogP contribution in [0, 0.1) is 13.8 Å². The van der Waals surface area contributed by atoms with Gasteiger partial charge in [-0.1, -0.05) is 51.8 Å². The summed E-state index contributed by atoms with van der Waals surface area (Å²) in [5.41, 5.74) is 5.07. The number of nitrogens with zero attached hydrogens (tertiary/aromatic N) is 4. The van der Waals surface area contributed by atoms with E-state index in [2.05, 4.69) is 20.9 Å². The lowest BCUT2D eigenvalue weighted by atomic mass is 10.1. The molecule has 3 aromatic carbocycles. The number of benzene rings is 3. The summed E-state index contributed by atoms with van der Waals surface area (Å²) in [7, 11) is 1.62. The van der Waals surface area contributed by atoms with Crippen LogP contribution in [0.4, 0.5) is 0 Å². The molecule has 5 aromatic rings. The average molecular weight is 501 g/mol. The van der Waals surface area contributed by atoms with Gasteiger partial charge in [-0.3, -0.25) is 13.9 Å². The summed E-state index contributed by atoms with van der Waals surface area (Å²) in [6.07, 6.45) is 1.63. The normalized spacial score (nSPS) is 11.2. The molecular formula is C26H21BrN4O2. The summed E-state index contributed by atoms with van der Waals surface area (Å²) in [6, 6.07) is 21.4. The molecule has 2 heterocycles. The number of aromatic nitrogens is 4. The second-order valence-electron chi connectivity index (χ2n) is 7.88. The van der Waals surface area contributed by atoms with Gasteiger partial charge < -0.3 is 4.74 Å². The van der Waals surface area contributed by atoms with Crippen LogP contribution < -0.4 is 10.3 Å². The SMILES string of the molecule is COc1ccc(C)cc1-n1cnc2c(=O)n(-c3ccc(Br)cc3)c(-c3ccc(C)cc3)nc21. The second-order valence-corrected chi connectivity index (χ2v) is 8.80. The van der Waals surface area contributed by atoms with Crippen molar-refractivity contribution in [1.29, 1.82) is 0 Å². The van der Waals surface area contributed by atoms with Gasteiger partial charge in [0, 0.05) is 10.0 Å². The van der Waals surface area contributed by atoms with Crippen LogP contribution in [-0.4, -0.2) is 26.2 Å². The van der Waals surface area contributed by atoms with Crippen molar-refractivity contribution in [2.24, 2.45) is 0 Å². The van der Waals surface area contributed by atoms with E-state index >= 15 is 0 Å². The fourth-order valence-corrected chi connectivity index (χ4v) is 4.11. The highest BCUT2D eigenvalue weighted by atomic mass is 79.9. The molecule has 2 aromatic heterocycles. The van der Waals surface area contributed by atoms with E-state index in [1.807, 2.05) is 85.1 Å². The number of fused-ring (bicyclic) bond motifs is 1. The predicted molar refractivity (Wildman–Crippen MR) is 134 cm³/mol. The molecule has 0 fully saturated rings. The maximum Gasteiger partial charge on any atom is 0.286 e. The molecule has 0 unspecified atom stereocenters. The molecule has 0 amide bonds. The standard InChI is InChI=1S/C26H21BrN4O2/c1-16-4-7-18(8-5-16)24-29-25-23(26(32)31(24)20-11-9-19(27)10-12-20)28-15-30(25)21-14-17(2)6-13-22(21)33-3/h4-15H,1-3H3. The Morgan fingerprint density at radius 1 is 0.909 bits per heavy atom. The lowest BCUT2D eigenvalue weighted by Crippen LogP contribution is -2.22. The van der Waals surface area contributed by atoms with Crippen LogP contribution in [0.3, 0.4) is 0 Å². The molecule has 5 rings (SSSR count). The molecule has 0 aliphatic carbocycles. The first kappa shape index (κ1) is 21.2. The first-order valence-electron chi connectivity index (χ1n) is 10.4. The third kappa shape index (κ3) is 3.74. The van der Waals surface area contributed by atoms with Crippen LogP contribution in [0.1, 0.15) is 11.1 Å². The van der Waals surface area contributed by atoms with Crippen molar-refractivity contribution >= 4 is 27.1 Å². The molecule has 0 aliphatic rings. The summed E-state index contributed by atoms with van der Waals surface area (Å²) in [4.78, 5) is 23.2. The van der Waals surface area contributed by atoms with E-state index in [0.717, 1.165) is 32.5 Å². The topological polar surface area (TPSA) is 61.9 Å². The lowest BCUT2D eigenvalue weighted by Gasteiger charge is -2.15. The minimum absolute atomic E-state index is 0.233. The van der Waals surface area contributed by atoms with Gasteiger partial charge in [0.1, 0.15) is 17.9 Å². The fourth-order valence-electron chi connectivity index (χ4n) is 3.84. The Balaban J connectivity index is 1.85. The number of halogens is 1. The van der Waals surface area contributed by atoms with Gasteiger partial charge in [-0.25, -0.2) is 9.97 Å². The van der Waals surface area contributed by atoms with Crippen LogP contribution in [0.15, 0.2) is 82.3 Å². The molecule has 0 saturated carbocycles. The molecule has 164 valence electrons. The van der Waals surface area contributed by atoms with Crippen LogP contribution in [0.2, 0.25) is 0 Å². The highest BCUT2D eigenvalue weighted by Crippen LogP contribution is 2.28. The van der Waals surface area contributed by atoms with E-state index in [9.17, 15) is 4.79 Å². The van der Waals surface area contributed by atoms with E-state index in [1.165, 1.54) is 0 Å². The van der Waals surface area contributed by atoms with Gasteiger partial charge in [0.25, 0.3) is 5.56 Å². The van der Waals surface area contributed by atoms with Crippen LogP contribution >= 0.6 is 15.9 Å². The van der Waals surface area contributed by atoms with Gasteiger partial charge in [-0.2, -0.15) is 0 Å². The lowest BCUT2D eigenvalue weighted by molar-refractivity contribution is 0.413. The average Bonchev–Trinajstić information content (AvgIpc) is 3.24. The number of hydrogen-bond donors (Lipinski definition) is 0. The highest BCUT2D eigenvalue weighted by molar-refractivity contribution is 9.10. The Morgan fingerprint density at radius 3 is 2.30 bits per heavy atom. The van der Waals surface area contributed by atoms with Crippen molar-refractivity contribution in [1.82, 2.24) is 19.1 Å². The Hall–Kier alpha value is -3.71. The van der Waals surface area contributed by atoms with Gasteiger partial charge in [0.05, 0.1) is 18.5 Å². The Bertz CT molecular complexity index is 1530. The quantitative estimate of drug-likeness (QED) is 0.321. The Labute approximate surface area is 199 Å². The molecule has 0 saturated heterocycles. The number of methoxy groups -OCH3 is 1. The number of rotatable bonds is 4. The molecule has 0 N–H and O–H groups in total. The smallest absolute Gasteiger partial charge is 0.286 e. The van der Waals surface area contributed by atoms with E-state index in [4.69, 9.17) is 9.72 Å². The first-order chi connectivity index (χ1) is 16.0. The molecular weight excluding hydrogens is 480 g/mol. The van der Waals surface area contributed by atoms with Gasteiger partial charge >= 0.3 is 0 Å². The minimum Gasteiger partial charge on any atom is -0.495 e. The fraction of sp³-hybridized carbons (Fsp3) is 0.115. The van der Waals surface area contributed by atoms with E-state index in [-0.39, 0.29) is 11.1 Å². The summed E-state index contributed by atoms with van der Waals surface area (Å²) in [5.74, 6) is 1.22. The maximum absolute atomic E-state index is 13.7. The van der Waals surface area contributed by atoms with E-state index in [0.29, 0.717) is 17.2 Å².